The predicted molar refractivity (Wildman–Crippen MR) is 74.8 cm³/mol. The number of hydrogen-bond acceptors (Lipinski definition) is 2. The summed E-state index contributed by atoms with van der Waals surface area (Å²) in [6, 6.07) is 0.375. The van der Waals surface area contributed by atoms with Gasteiger partial charge in [-0.2, -0.15) is 5.10 Å². The molecule has 2 aromatic heterocycles. The van der Waals surface area contributed by atoms with Crippen LogP contribution < -0.4 is 0 Å². The van der Waals surface area contributed by atoms with Crippen LogP contribution >= 0.6 is 0 Å². The lowest BCUT2D eigenvalue weighted by Gasteiger charge is -2.15. The molecule has 0 fully saturated rings. The minimum atomic E-state index is 0.375. The van der Waals surface area contributed by atoms with Crippen LogP contribution in [0.15, 0.2) is 6.20 Å². The van der Waals surface area contributed by atoms with Crippen molar-refractivity contribution in [1.82, 2.24) is 19.7 Å². The standard InChI is InChI=1S/C14H24N4/c1-6-7-10(4)13-16-12-8-15-18(14(12)17-13)11(5)9(2)3/h8-11H,6-7H2,1-5H3,(H,16,17)/t10-,11-/m0/s1. The maximum atomic E-state index is 4.74. The molecule has 0 aliphatic rings. The van der Waals surface area contributed by atoms with Crippen molar-refractivity contribution in [2.45, 2.75) is 59.4 Å². The van der Waals surface area contributed by atoms with Crippen molar-refractivity contribution in [3.8, 4) is 0 Å². The normalized spacial score (nSPS) is 15.4. The van der Waals surface area contributed by atoms with E-state index in [2.05, 4.69) is 44.7 Å². The zero-order valence-corrected chi connectivity index (χ0v) is 12.1. The van der Waals surface area contributed by atoms with E-state index in [0.717, 1.165) is 17.0 Å². The SMILES string of the molecule is CCC[C@H](C)c1nc2c(cnn2[C@@H](C)C(C)C)[nH]1. The van der Waals surface area contributed by atoms with Gasteiger partial charge < -0.3 is 4.98 Å². The minimum absolute atomic E-state index is 0.375. The fourth-order valence-electron chi connectivity index (χ4n) is 2.22. The maximum Gasteiger partial charge on any atom is 0.176 e. The predicted octanol–water partition coefficient (Wildman–Crippen LogP) is 3.88. The molecule has 0 radical (unpaired) electrons. The molecule has 0 aromatic carbocycles. The molecule has 18 heavy (non-hydrogen) atoms. The highest BCUT2D eigenvalue weighted by Gasteiger charge is 2.18. The van der Waals surface area contributed by atoms with E-state index in [1.54, 1.807) is 0 Å². The van der Waals surface area contributed by atoms with Gasteiger partial charge in [-0.05, 0) is 19.3 Å². The zero-order valence-electron chi connectivity index (χ0n) is 12.1. The van der Waals surface area contributed by atoms with E-state index in [9.17, 15) is 0 Å². The Kier molecular flexibility index (Phi) is 3.73. The Morgan fingerprint density at radius 3 is 2.61 bits per heavy atom. The lowest BCUT2D eigenvalue weighted by Crippen LogP contribution is -2.13. The molecule has 0 unspecified atom stereocenters. The lowest BCUT2D eigenvalue weighted by atomic mass is 10.1. The summed E-state index contributed by atoms with van der Waals surface area (Å²) < 4.78 is 2.04. The first kappa shape index (κ1) is 13.1. The Hall–Kier alpha value is -1.32. The summed E-state index contributed by atoms with van der Waals surface area (Å²) >= 11 is 0. The quantitative estimate of drug-likeness (QED) is 0.872. The molecule has 4 nitrogen and oxygen atoms in total. The number of fused-ring (bicyclic) bond motifs is 1. The summed E-state index contributed by atoms with van der Waals surface area (Å²) in [6.45, 7) is 11.1. The van der Waals surface area contributed by atoms with Crippen LogP contribution in [0.4, 0.5) is 0 Å². The molecule has 2 rings (SSSR count). The first-order valence-electron chi connectivity index (χ1n) is 6.97. The van der Waals surface area contributed by atoms with Gasteiger partial charge >= 0.3 is 0 Å². The minimum Gasteiger partial charge on any atom is -0.339 e. The summed E-state index contributed by atoms with van der Waals surface area (Å²) in [5, 5.41) is 4.45. The third kappa shape index (κ3) is 2.28. The molecule has 1 N–H and O–H groups in total. The molecule has 0 saturated carbocycles. The Morgan fingerprint density at radius 2 is 2.00 bits per heavy atom. The molecule has 0 saturated heterocycles. The Morgan fingerprint density at radius 1 is 1.28 bits per heavy atom. The fourth-order valence-corrected chi connectivity index (χ4v) is 2.22. The Labute approximate surface area is 109 Å². The zero-order chi connectivity index (χ0) is 13.3. The first-order valence-corrected chi connectivity index (χ1v) is 6.97. The smallest absolute Gasteiger partial charge is 0.176 e. The van der Waals surface area contributed by atoms with Gasteiger partial charge in [-0.1, -0.05) is 34.1 Å². The molecule has 0 aliphatic carbocycles. The summed E-state index contributed by atoms with van der Waals surface area (Å²) in [4.78, 5) is 8.14. The van der Waals surface area contributed by atoms with Crippen molar-refractivity contribution >= 4 is 11.2 Å². The molecular formula is C14H24N4. The van der Waals surface area contributed by atoms with Gasteiger partial charge in [0, 0.05) is 5.92 Å². The van der Waals surface area contributed by atoms with Crippen LogP contribution in [0.3, 0.4) is 0 Å². The van der Waals surface area contributed by atoms with E-state index < -0.39 is 0 Å². The molecule has 2 atom stereocenters. The van der Waals surface area contributed by atoms with E-state index in [1.165, 1.54) is 12.8 Å². The Balaban J connectivity index is 2.35. The van der Waals surface area contributed by atoms with Crippen molar-refractivity contribution in [1.29, 1.82) is 0 Å². The van der Waals surface area contributed by atoms with Gasteiger partial charge in [0.1, 0.15) is 11.3 Å². The summed E-state index contributed by atoms with van der Waals surface area (Å²) in [6.07, 6.45) is 4.25. The lowest BCUT2D eigenvalue weighted by molar-refractivity contribution is 0.383. The second-order valence-electron chi connectivity index (χ2n) is 5.62. The highest BCUT2D eigenvalue weighted by Crippen LogP contribution is 2.24. The van der Waals surface area contributed by atoms with E-state index >= 15 is 0 Å². The van der Waals surface area contributed by atoms with Crippen molar-refractivity contribution in [3.05, 3.63) is 12.0 Å². The molecule has 0 aliphatic heterocycles. The number of rotatable bonds is 5. The summed E-state index contributed by atoms with van der Waals surface area (Å²) in [5.74, 6) is 2.14. The summed E-state index contributed by atoms with van der Waals surface area (Å²) in [5.41, 5.74) is 2.05. The van der Waals surface area contributed by atoms with Gasteiger partial charge in [-0.15, -0.1) is 0 Å². The topological polar surface area (TPSA) is 46.5 Å². The van der Waals surface area contributed by atoms with Gasteiger partial charge in [-0.25, -0.2) is 9.67 Å². The second kappa shape index (κ2) is 5.12. The molecule has 4 heteroatoms. The van der Waals surface area contributed by atoms with Crippen LogP contribution in [-0.4, -0.2) is 19.7 Å². The average Bonchev–Trinajstić information content (AvgIpc) is 2.87. The van der Waals surface area contributed by atoms with Gasteiger partial charge in [-0.3, -0.25) is 0 Å². The van der Waals surface area contributed by atoms with Crippen LogP contribution in [0, 0.1) is 5.92 Å². The number of nitrogens with one attached hydrogen (secondary N) is 1. The first-order chi connectivity index (χ1) is 8.54. The van der Waals surface area contributed by atoms with Crippen molar-refractivity contribution in [2.75, 3.05) is 0 Å². The second-order valence-corrected chi connectivity index (χ2v) is 5.62. The van der Waals surface area contributed by atoms with Crippen LogP contribution in [0.5, 0.6) is 0 Å². The van der Waals surface area contributed by atoms with Gasteiger partial charge in [0.25, 0.3) is 0 Å². The third-order valence-corrected chi connectivity index (χ3v) is 3.80. The molecule has 0 amide bonds. The average molecular weight is 248 g/mol. The van der Waals surface area contributed by atoms with E-state index in [-0.39, 0.29) is 0 Å². The number of aromatic amines is 1. The molecule has 100 valence electrons. The van der Waals surface area contributed by atoms with E-state index in [0.29, 0.717) is 17.9 Å². The number of nitrogens with zero attached hydrogens (tertiary/aromatic N) is 3. The highest BCUT2D eigenvalue weighted by molar-refractivity contribution is 5.70. The van der Waals surface area contributed by atoms with Crippen LogP contribution in [0.25, 0.3) is 11.2 Å². The van der Waals surface area contributed by atoms with Crippen molar-refractivity contribution < 1.29 is 0 Å². The maximum absolute atomic E-state index is 4.74. The van der Waals surface area contributed by atoms with Gasteiger partial charge in [0.2, 0.25) is 0 Å². The molecule has 0 bridgehead atoms. The van der Waals surface area contributed by atoms with Gasteiger partial charge in [0.05, 0.1) is 12.2 Å². The van der Waals surface area contributed by atoms with E-state index in [4.69, 9.17) is 4.98 Å². The molecule has 2 heterocycles. The largest absolute Gasteiger partial charge is 0.339 e. The van der Waals surface area contributed by atoms with Crippen LogP contribution in [-0.2, 0) is 0 Å². The van der Waals surface area contributed by atoms with Crippen molar-refractivity contribution in [2.24, 2.45) is 5.92 Å². The molecule has 2 aromatic rings. The number of imidazole rings is 1. The third-order valence-electron chi connectivity index (χ3n) is 3.80. The number of aromatic nitrogens is 4. The van der Waals surface area contributed by atoms with Crippen LogP contribution in [0.1, 0.15) is 65.2 Å². The van der Waals surface area contributed by atoms with E-state index in [1.807, 2.05) is 10.9 Å². The monoisotopic (exact) mass is 248 g/mol. The molecular weight excluding hydrogens is 224 g/mol. The van der Waals surface area contributed by atoms with Crippen LogP contribution in [0.2, 0.25) is 0 Å². The molecule has 0 spiro atoms. The van der Waals surface area contributed by atoms with Crippen molar-refractivity contribution in [3.63, 3.8) is 0 Å². The highest BCUT2D eigenvalue weighted by atomic mass is 15.3. The van der Waals surface area contributed by atoms with Gasteiger partial charge in [0.15, 0.2) is 5.65 Å². The number of hydrogen-bond donors (Lipinski definition) is 1. The summed E-state index contributed by atoms with van der Waals surface area (Å²) in [7, 11) is 0. The Bertz CT molecular complexity index is 509. The fraction of sp³-hybridized carbons (Fsp3) is 0.714. The number of H-pyrrole nitrogens is 1.